The number of hydrogen-bond acceptors (Lipinski definition) is 4. The minimum atomic E-state index is -0.390. The summed E-state index contributed by atoms with van der Waals surface area (Å²) in [5.74, 6) is -0.384. The fourth-order valence-corrected chi connectivity index (χ4v) is 4.09. The van der Waals surface area contributed by atoms with Crippen molar-refractivity contribution in [1.29, 1.82) is 0 Å². The van der Waals surface area contributed by atoms with E-state index in [1.54, 1.807) is 12.1 Å². The molecule has 2 aliphatic heterocycles. The molecule has 6 nitrogen and oxygen atoms in total. The van der Waals surface area contributed by atoms with Crippen LogP contribution in [-0.4, -0.2) is 48.4 Å². The van der Waals surface area contributed by atoms with Crippen molar-refractivity contribution in [1.82, 2.24) is 10.2 Å². The molecule has 1 saturated heterocycles. The Hall–Kier alpha value is -2.63. The molecule has 2 aliphatic rings. The van der Waals surface area contributed by atoms with Crippen molar-refractivity contribution in [3.8, 4) is 0 Å². The number of carbonyl (C=O) groups is 3. The average Bonchev–Trinajstić information content (AvgIpc) is 2.99. The van der Waals surface area contributed by atoms with Crippen LogP contribution in [0.4, 0.5) is 4.79 Å². The van der Waals surface area contributed by atoms with Crippen LogP contribution < -0.4 is 5.32 Å². The van der Waals surface area contributed by atoms with Crippen LogP contribution in [0.1, 0.15) is 55.5 Å². The summed E-state index contributed by atoms with van der Waals surface area (Å²) in [5.41, 5.74) is 3.03. The summed E-state index contributed by atoms with van der Waals surface area (Å²) < 4.78 is 5.05. The molecule has 2 atom stereocenters. The van der Waals surface area contributed by atoms with Gasteiger partial charge >= 0.3 is 12.0 Å². The van der Waals surface area contributed by atoms with Crippen LogP contribution in [-0.2, 0) is 9.53 Å². The lowest BCUT2D eigenvalue weighted by Gasteiger charge is -2.37. The fraction of sp³-hybridized carbons (Fsp3) is 0.476. The lowest BCUT2D eigenvalue weighted by atomic mass is 9.88. The molecule has 0 spiro atoms. The second-order valence-electron chi connectivity index (χ2n) is 7.11. The maximum atomic E-state index is 12.6. The van der Waals surface area contributed by atoms with E-state index in [0.717, 1.165) is 30.4 Å². The SMILES string of the molecule is CCCNC(=O)N1[C@H]2CC[C@@H]1C(C(=O)OC)=C(c1ccc(C(C)=O)cc1)C2. The maximum absolute atomic E-state index is 12.6. The molecule has 0 saturated carbocycles. The van der Waals surface area contributed by atoms with Gasteiger partial charge in [-0.25, -0.2) is 9.59 Å². The Morgan fingerprint density at radius 1 is 1.19 bits per heavy atom. The maximum Gasteiger partial charge on any atom is 0.336 e. The van der Waals surface area contributed by atoms with Crippen molar-refractivity contribution >= 4 is 23.4 Å². The third-order valence-corrected chi connectivity index (χ3v) is 5.41. The van der Waals surface area contributed by atoms with Gasteiger partial charge in [-0.05, 0) is 43.7 Å². The quantitative estimate of drug-likeness (QED) is 0.638. The average molecular weight is 370 g/mol. The van der Waals surface area contributed by atoms with Gasteiger partial charge in [0.05, 0.1) is 18.7 Å². The Labute approximate surface area is 159 Å². The van der Waals surface area contributed by atoms with Crippen molar-refractivity contribution in [2.24, 2.45) is 0 Å². The van der Waals surface area contributed by atoms with Gasteiger partial charge in [-0.1, -0.05) is 31.2 Å². The number of amides is 2. The zero-order chi connectivity index (χ0) is 19.6. The molecular weight excluding hydrogens is 344 g/mol. The number of nitrogens with zero attached hydrogens (tertiary/aromatic N) is 1. The highest BCUT2D eigenvalue weighted by Gasteiger charge is 2.46. The largest absolute Gasteiger partial charge is 0.466 e. The van der Waals surface area contributed by atoms with E-state index in [-0.39, 0.29) is 29.9 Å². The zero-order valence-electron chi connectivity index (χ0n) is 16.1. The van der Waals surface area contributed by atoms with E-state index in [1.165, 1.54) is 14.0 Å². The Balaban J connectivity index is 1.99. The number of rotatable bonds is 5. The van der Waals surface area contributed by atoms with Crippen molar-refractivity contribution in [2.45, 2.75) is 51.6 Å². The minimum absolute atomic E-state index is 0.00575. The number of Topliss-reactive ketones (excluding diaryl/α,β-unsaturated/α-hetero) is 1. The summed E-state index contributed by atoms with van der Waals surface area (Å²) in [6.45, 7) is 4.15. The topological polar surface area (TPSA) is 75.7 Å². The number of ether oxygens (including phenoxy) is 1. The van der Waals surface area contributed by atoms with Crippen molar-refractivity contribution in [2.75, 3.05) is 13.7 Å². The van der Waals surface area contributed by atoms with E-state index in [2.05, 4.69) is 5.32 Å². The number of urea groups is 1. The summed E-state index contributed by atoms with van der Waals surface area (Å²) in [4.78, 5) is 38.6. The second-order valence-corrected chi connectivity index (χ2v) is 7.11. The third-order valence-electron chi connectivity index (χ3n) is 5.41. The van der Waals surface area contributed by atoms with Crippen LogP contribution in [0.3, 0.4) is 0 Å². The zero-order valence-corrected chi connectivity index (χ0v) is 16.1. The number of carbonyl (C=O) groups excluding carboxylic acids is 3. The summed E-state index contributed by atoms with van der Waals surface area (Å²) in [6, 6.07) is 7.00. The summed E-state index contributed by atoms with van der Waals surface area (Å²) in [6.07, 6.45) is 3.09. The van der Waals surface area contributed by atoms with Crippen LogP contribution in [0.2, 0.25) is 0 Å². The summed E-state index contributed by atoms with van der Waals surface area (Å²) >= 11 is 0. The van der Waals surface area contributed by atoms with Gasteiger partial charge in [0.1, 0.15) is 0 Å². The van der Waals surface area contributed by atoms with E-state index in [4.69, 9.17) is 4.74 Å². The molecule has 0 unspecified atom stereocenters. The molecule has 1 aromatic carbocycles. The van der Waals surface area contributed by atoms with Crippen molar-refractivity contribution in [3.63, 3.8) is 0 Å². The molecule has 6 heteroatoms. The molecule has 2 heterocycles. The van der Waals surface area contributed by atoms with E-state index in [0.29, 0.717) is 24.1 Å². The number of nitrogens with one attached hydrogen (secondary N) is 1. The van der Waals surface area contributed by atoms with Crippen molar-refractivity contribution in [3.05, 3.63) is 41.0 Å². The van der Waals surface area contributed by atoms with Gasteiger partial charge < -0.3 is 15.0 Å². The predicted octanol–water partition coefficient (Wildman–Crippen LogP) is 3.17. The van der Waals surface area contributed by atoms with E-state index >= 15 is 0 Å². The summed E-state index contributed by atoms with van der Waals surface area (Å²) in [7, 11) is 1.37. The number of esters is 1. The molecule has 1 aromatic rings. The second kappa shape index (κ2) is 7.94. The molecule has 1 fully saturated rings. The highest BCUT2D eigenvalue weighted by atomic mass is 16.5. The highest BCUT2D eigenvalue weighted by Crippen LogP contribution is 2.43. The Bertz CT molecular complexity index is 782. The van der Waals surface area contributed by atoms with E-state index in [1.807, 2.05) is 24.0 Å². The van der Waals surface area contributed by atoms with Gasteiger partial charge in [-0.2, -0.15) is 0 Å². The number of fused-ring (bicyclic) bond motifs is 2. The van der Waals surface area contributed by atoms with Crippen LogP contribution in [0.15, 0.2) is 29.8 Å². The van der Waals surface area contributed by atoms with Gasteiger partial charge in [0.25, 0.3) is 0 Å². The number of ketones is 1. The molecular formula is C21H26N2O4. The van der Waals surface area contributed by atoms with Crippen LogP contribution >= 0.6 is 0 Å². The highest BCUT2D eigenvalue weighted by molar-refractivity contribution is 6.01. The van der Waals surface area contributed by atoms with Crippen LogP contribution in [0, 0.1) is 0 Å². The smallest absolute Gasteiger partial charge is 0.336 e. The molecule has 27 heavy (non-hydrogen) atoms. The van der Waals surface area contributed by atoms with Crippen molar-refractivity contribution < 1.29 is 19.1 Å². The van der Waals surface area contributed by atoms with Gasteiger partial charge in [0.2, 0.25) is 0 Å². The molecule has 3 rings (SSSR count). The Kier molecular flexibility index (Phi) is 5.63. The molecule has 144 valence electrons. The third kappa shape index (κ3) is 3.61. The predicted molar refractivity (Wildman–Crippen MR) is 102 cm³/mol. The molecule has 2 bridgehead atoms. The fourth-order valence-electron chi connectivity index (χ4n) is 4.09. The monoisotopic (exact) mass is 370 g/mol. The molecule has 2 amide bonds. The van der Waals surface area contributed by atoms with Gasteiger partial charge in [-0.3, -0.25) is 4.79 Å². The van der Waals surface area contributed by atoms with Crippen LogP contribution in [0.5, 0.6) is 0 Å². The first-order valence-electron chi connectivity index (χ1n) is 9.46. The molecule has 0 radical (unpaired) electrons. The first kappa shape index (κ1) is 19.1. The number of methoxy groups -OCH3 is 1. The Morgan fingerprint density at radius 2 is 1.89 bits per heavy atom. The lowest BCUT2D eigenvalue weighted by Crippen LogP contribution is -2.51. The minimum Gasteiger partial charge on any atom is -0.466 e. The molecule has 1 N–H and O–H groups in total. The van der Waals surface area contributed by atoms with E-state index in [9.17, 15) is 14.4 Å². The standard InChI is InChI=1S/C21H26N2O4/c1-4-11-22-21(26)23-16-9-10-18(23)19(20(25)27-3)17(12-16)15-7-5-14(6-8-15)13(2)24/h5-8,16,18H,4,9-12H2,1-3H3,(H,22,26)/t16-,18+/m0/s1. The number of benzene rings is 1. The normalized spacial score (nSPS) is 21.2. The van der Waals surface area contributed by atoms with Gasteiger partial charge in [-0.15, -0.1) is 0 Å². The number of hydrogen-bond donors (Lipinski definition) is 1. The lowest BCUT2D eigenvalue weighted by molar-refractivity contribution is -0.136. The first-order chi connectivity index (χ1) is 13.0. The van der Waals surface area contributed by atoms with Crippen LogP contribution in [0.25, 0.3) is 5.57 Å². The van der Waals surface area contributed by atoms with Gasteiger partial charge in [0, 0.05) is 18.2 Å². The van der Waals surface area contributed by atoms with E-state index < -0.39 is 0 Å². The first-order valence-corrected chi connectivity index (χ1v) is 9.46. The Morgan fingerprint density at radius 3 is 2.48 bits per heavy atom. The summed E-state index contributed by atoms with van der Waals surface area (Å²) in [5, 5.41) is 2.93. The molecule has 0 aromatic heterocycles. The molecule has 0 aliphatic carbocycles. The van der Waals surface area contributed by atoms with Gasteiger partial charge in [0.15, 0.2) is 5.78 Å².